The monoisotopic (exact) mass is 182 g/mol. The molecule has 2 rings (SSSR count). The number of nitrogen functional groups attached to an aromatic ring is 1. The minimum absolute atomic E-state index is 0.156. The first kappa shape index (κ1) is 8.03. The highest BCUT2D eigenvalue weighted by molar-refractivity contribution is 5.72. The number of aryl methyl sites for hydroxylation is 1. The highest BCUT2D eigenvalue weighted by atomic mass is 16.4. The molecule has 13 heavy (non-hydrogen) atoms. The smallest absolute Gasteiger partial charge is 0.328 e. The lowest BCUT2D eigenvalue weighted by Gasteiger charge is -2.18. The van der Waals surface area contributed by atoms with Gasteiger partial charge >= 0.3 is 5.97 Å². The highest BCUT2D eigenvalue weighted by Gasteiger charge is 2.27. The van der Waals surface area contributed by atoms with Crippen molar-refractivity contribution < 1.29 is 9.90 Å². The van der Waals surface area contributed by atoms with Gasteiger partial charge in [-0.2, -0.15) is 4.98 Å². The second-order valence-corrected chi connectivity index (χ2v) is 3.08. The molecule has 0 aliphatic carbocycles. The quantitative estimate of drug-likeness (QED) is 0.628. The van der Waals surface area contributed by atoms with E-state index in [9.17, 15) is 4.79 Å². The second kappa shape index (κ2) is 2.72. The van der Waals surface area contributed by atoms with E-state index < -0.39 is 12.0 Å². The van der Waals surface area contributed by atoms with E-state index in [1.807, 2.05) is 0 Å². The number of anilines is 1. The van der Waals surface area contributed by atoms with Gasteiger partial charge in [0.2, 0.25) is 5.95 Å². The molecule has 0 spiro atoms. The molecule has 70 valence electrons. The number of rotatable bonds is 1. The van der Waals surface area contributed by atoms with Gasteiger partial charge in [0.1, 0.15) is 5.82 Å². The zero-order chi connectivity index (χ0) is 9.42. The molecule has 1 atom stereocenters. The number of aliphatic carboxylic acids is 1. The molecule has 1 unspecified atom stereocenters. The van der Waals surface area contributed by atoms with Crippen LogP contribution in [0.1, 0.15) is 24.7 Å². The molecule has 6 nitrogen and oxygen atoms in total. The van der Waals surface area contributed by atoms with Crippen molar-refractivity contribution in [3.63, 3.8) is 0 Å². The lowest BCUT2D eigenvalue weighted by Crippen LogP contribution is -2.25. The third-order valence-electron chi connectivity index (χ3n) is 2.18. The molecule has 0 radical (unpaired) electrons. The third-order valence-corrected chi connectivity index (χ3v) is 2.18. The summed E-state index contributed by atoms with van der Waals surface area (Å²) in [5.41, 5.74) is 5.38. The summed E-state index contributed by atoms with van der Waals surface area (Å²) in [6.45, 7) is 0. The predicted octanol–water partition coefficient (Wildman–Crippen LogP) is -0.178. The summed E-state index contributed by atoms with van der Waals surface area (Å²) < 4.78 is 1.42. The molecule has 1 aromatic rings. The summed E-state index contributed by atoms with van der Waals surface area (Å²) in [5.74, 6) is -0.0369. The lowest BCUT2D eigenvalue weighted by atomic mass is 10.1. The fourth-order valence-corrected chi connectivity index (χ4v) is 1.60. The van der Waals surface area contributed by atoms with E-state index in [0.717, 1.165) is 12.8 Å². The van der Waals surface area contributed by atoms with Gasteiger partial charge in [-0.25, -0.2) is 9.48 Å². The molecule has 2 heterocycles. The Kier molecular flexibility index (Phi) is 1.68. The first-order chi connectivity index (χ1) is 6.18. The van der Waals surface area contributed by atoms with Gasteiger partial charge in [-0.15, -0.1) is 5.10 Å². The van der Waals surface area contributed by atoms with Crippen LogP contribution in [0, 0.1) is 0 Å². The molecular weight excluding hydrogens is 172 g/mol. The van der Waals surface area contributed by atoms with E-state index in [1.54, 1.807) is 0 Å². The van der Waals surface area contributed by atoms with E-state index in [0.29, 0.717) is 12.2 Å². The molecule has 1 aliphatic rings. The molecular formula is C7H10N4O2. The molecule has 0 fully saturated rings. The Labute approximate surface area is 74.4 Å². The molecule has 0 saturated carbocycles. The first-order valence-electron chi connectivity index (χ1n) is 4.12. The summed E-state index contributed by atoms with van der Waals surface area (Å²) in [6.07, 6.45) is 2.19. The summed E-state index contributed by atoms with van der Waals surface area (Å²) in [7, 11) is 0. The maximum atomic E-state index is 10.8. The van der Waals surface area contributed by atoms with Crippen LogP contribution in [0.5, 0.6) is 0 Å². The van der Waals surface area contributed by atoms with Gasteiger partial charge in [0.25, 0.3) is 0 Å². The third kappa shape index (κ3) is 1.24. The summed E-state index contributed by atoms with van der Waals surface area (Å²) in [5, 5.41) is 12.7. The number of fused-ring (bicyclic) bond motifs is 1. The Bertz CT molecular complexity index is 346. The summed E-state index contributed by atoms with van der Waals surface area (Å²) in [6, 6.07) is -0.589. The average molecular weight is 182 g/mol. The van der Waals surface area contributed by atoms with E-state index in [-0.39, 0.29) is 5.95 Å². The van der Waals surface area contributed by atoms with Gasteiger partial charge in [0.05, 0.1) is 0 Å². The van der Waals surface area contributed by atoms with Crippen molar-refractivity contribution in [3.8, 4) is 0 Å². The summed E-state index contributed by atoms with van der Waals surface area (Å²) in [4.78, 5) is 14.7. The van der Waals surface area contributed by atoms with Crippen molar-refractivity contribution in [2.45, 2.75) is 25.3 Å². The first-order valence-corrected chi connectivity index (χ1v) is 4.12. The normalized spacial score (nSPS) is 21.1. The molecule has 6 heteroatoms. The Hall–Kier alpha value is -1.59. The average Bonchev–Trinajstić information content (AvgIpc) is 2.43. The van der Waals surface area contributed by atoms with Crippen LogP contribution in [0.15, 0.2) is 0 Å². The predicted molar refractivity (Wildman–Crippen MR) is 44.0 cm³/mol. The van der Waals surface area contributed by atoms with Gasteiger partial charge in [-0.1, -0.05) is 0 Å². The van der Waals surface area contributed by atoms with Gasteiger partial charge in [0, 0.05) is 6.42 Å². The van der Waals surface area contributed by atoms with E-state index in [2.05, 4.69) is 10.1 Å². The second-order valence-electron chi connectivity index (χ2n) is 3.08. The SMILES string of the molecule is Nc1nc2n(n1)C(C(=O)O)CCC2. The molecule has 1 aromatic heterocycles. The van der Waals surface area contributed by atoms with Crippen molar-refractivity contribution in [3.05, 3.63) is 5.82 Å². The van der Waals surface area contributed by atoms with Crippen molar-refractivity contribution in [2.75, 3.05) is 5.73 Å². The Morgan fingerprint density at radius 1 is 1.69 bits per heavy atom. The number of hydrogen-bond acceptors (Lipinski definition) is 4. The minimum Gasteiger partial charge on any atom is -0.480 e. The number of carboxylic acids is 1. The standard InChI is InChI=1S/C7H10N4O2/c8-7-9-5-3-1-2-4(6(12)13)11(5)10-7/h4H,1-3H2,(H2,8,10)(H,12,13). The van der Waals surface area contributed by atoms with Crippen LogP contribution in [0.4, 0.5) is 5.95 Å². The number of hydrogen-bond donors (Lipinski definition) is 2. The van der Waals surface area contributed by atoms with Crippen molar-refractivity contribution in [2.24, 2.45) is 0 Å². The van der Waals surface area contributed by atoms with Crippen LogP contribution in [-0.2, 0) is 11.2 Å². The maximum absolute atomic E-state index is 10.8. The van der Waals surface area contributed by atoms with E-state index in [1.165, 1.54) is 4.68 Å². The Morgan fingerprint density at radius 3 is 3.15 bits per heavy atom. The largest absolute Gasteiger partial charge is 0.480 e. The Morgan fingerprint density at radius 2 is 2.46 bits per heavy atom. The highest BCUT2D eigenvalue weighted by Crippen LogP contribution is 2.23. The van der Waals surface area contributed by atoms with E-state index >= 15 is 0 Å². The number of carboxylic acid groups (broad SMARTS) is 1. The minimum atomic E-state index is -0.870. The zero-order valence-corrected chi connectivity index (χ0v) is 6.97. The van der Waals surface area contributed by atoms with E-state index in [4.69, 9.17) is 10.8 Å². The fraction of sp³-hybridized carbons (Fsp3) is 0.571. The fourth-order valence-electron chi connectivity index (χ4n) is 1.60. The van der Waals surface area contributed by atoms with Gasteiger partial charge < -0.3 is 10.8 Å². The molecule has 3 N–H and O–H groups in total. The molecule has 0 aromatic carbocycles. The molecule has 1 aliphatic heterocycles. The molecule has 0 bridgehead atoms. The van der Waals surface area contributed by atoms with Crippen LogP contribution in [0.25, 0.3) is 0 Å². The number of aromatic nitrogens is 3. The zero-order valence-electron chi connectivity index (χ0n) is 6.97. The number of nitrogens with zero attached hydrogens (tertiary/aromatic N) is 3. The molecule has 0 amide bonds. The molecule has 0 saturated heterocycles. The topological polar surface area (TPSA) is 94.0 Å². The maximum Gasteiger partial charge on any atom is 0.328 e. The van der Waals surface area contributed by atoms with Gasteiger partial charge in [0.15, 0.2) is 6.04 Å². The van der Waals surface area contributed by atoms with Crippen LogP contribution in [-0.4, -0.2) is 25.8 Å². The lowest BCUT2D eigenvalue weighted by molar-refractivity contribution is -0.141. The van der Waals surface area contributed by atoms with Crippen LogP contribution < -0.4 is 5.73 Å². The van der Waals surface area contributed by atoms with Crippen molar-refractivity contribution >= 4 is 11.9 Å². The number of nitrogens with two attached hydrogens (primary N) is 1. The number of carbonyl (C=O) groups is 1. The van der Waals surface area contributed by atoms with Crippen LogP contribution in [0.2, 0.25) is 0 Å². The van der Waals surface area contributed by atoms with Crippen molar-refractivity contribution in [1.29, 1.82) is 0 Å². The summed E-state index contributed by atoms with van der Waals surface area (Å²) >= 11 is 0. The van der Waals surface area contributed by atoms with Crippen LogP contribution in [0.3, 0.4) is 0 Å². The van der Waals surface area contributed by atoms with Crippen LogP contribution >= 0.6 is 0 Å². The Balaban J connectivity index is 2.41. The van der Waals surface area contributed by atoms with Gasteiger partial charge in [-0.05, 0) is 12.8 Å². The van der Waals surface area contributed by atoms with Gasteiger partial charge in [-0.3, -0.25) is 0 Å². The van der Waals surface area contributed by atoms with Crippen molar-refractivity contribution in [1.82, 2.24) is 14.8 Å².